The van der Waals surface area contributed by atoms with E-state index in [0.29, 0.717) is 6.54 Å². The van der Waals surface area contributed by atoms with Crippen LogP contribution < -0.4 is 10.6 Å². The molecule has 0 aliphatic carbocycles. The third-order valence-corrected chi connectivity index (χ3v) is 4.81. The molecular weight excluding hydrogens is 367 g/mol. The molecule has 1 aromatic carbocycles. The molecule has 0 unspecified atom stereocenters. The van der Waals surface area contributed by atoms with E-state index in [9.17, 15) is 4.39 Å². The Morgan fingerprint density at radius 3 is 3.00 bits per heavy atom. The molecule has 3 heterocycles. The summed E-state index contributed by atoms with van der Waals surface area (Å²) in [5.41, 5.74) is 3.97. The fourth-order valence-corrected chi connectivity index (χ4v) is 3.41. The Bertz CT molecular complexity index is 1090. The number of halogens is 1. The first-order valence-electron chi connectivity index (χ1n) is 9.93. The topological polar surface area (TPSA) is 69.5 Å². The Balaban J connectivity index is 1.33. The lowest BCUT2D eigenvalue weighted by Gasteiger charge is -2.11. The van der Waals surface area contributed by atoms with Crippen molar-refractivity contribution < 1.29 is 4.39 Å². The van der Waals surface area contributed by atoms with Gasteiger partial charge in [0.25, 0.3) is 0 Å². The van der Waals surface area contributed by atoms with Crippen LogP contribution in [0.3, 0.4) is 0 Å². The zero-order valence-electron chi connectivity index (χ0n) is 16.5. The van der Waals surface area contributed by atoms with Crippen molar-refractivity contribution in [1.29, 1.82) is 0 Å². The van der Waals surface area contributed by atoms with Crippen LogP contribution in [0.4, 0.5) is 4.39 Å². The van der Waals surface area contributed by atoms with Crippen molar-refractivity contribution in [2.45, 2.75) is 19.8 Å². The van der Waals surface area contributed by atoms with E-state index >= 15 is 0 Å². The van der Waals surface area contributed by atoms with Crippen LogP contribution in [-0.2, 0) is 12.8 Å². The maximum Gasteiger partial charge on any atom is 0.191 e. The van der Waals surface area contributed by atoms with Crippen molar-refractivity contribution in [3.05, 3.63) is 72.1 Å². The second kappa shape index (κ2) is 8.77. The minimum atomic E-state index is -0.226. The van der Waals surface area contributed by atoms with E-state index in [2.05, 4.69) is 25.6 Å². The third-order valence-electron chi connectivity index (χ3n) is 4.81. The summed E-state index contributed by atoms with van der Waals surface area (Å²) in [6.07, 6.45) is 7.60. The second-order valence-electron chi connectivity index (χ2n) is 6.89. The molecule has 0 atom stereocenters. The first kappa shape index (κ1) is 19.0. The molecule has 0 aliphatic rings. The van der Waals surface area contributed by atoms with E-state index in [0.717, 1.165) is 59.7 Å². The van der Waals surface area contributed by atoms with Crippen molar-refractivity contribution in [2.75, 3.05) is 19.6 Å². The molecule has 0 bridgehead atoms. The molecule has 0 radical (unpaired) electrons. The number of aromatic amines is 1. The number of aromatic nitrogens is 3. The molecule has 0 saturated carbocycles. The Kier molecular flexibility index (Phi) is 5.74. The van der Waals surface area contributed by atoms with E-state index in [1.807, 2.05) is 54.2 Å². The number of rotatable bonds is 7. The SMILES string of the molecule is CCNC(=NCCc1cn2ccccc2n1)NCCc1c[nH]c2cc(F)ccc12. The predicted molar refractivity (Wildman–Crippen MR) is 115 cm³/mol. The third kappa shape index (κ3) is 4.56. The second-order valence-corrected chi connectivity index (χ2v) is 6.89. The van der Waals surface area contributed by atoms with Crippen LogP contribution in [0.5, 0.6) is 0 Å². The molecule has 29 heavy (non-hydrogen) atoms. The minimum absolute atomic E-state index is 0.226. The number of nitrogens with one attached hydrogen (secondary N) is 3. The van der Waals surface area contributed by atoms with Gasteiger partial charge >= 0.3 is 0 Å². The molecule has 6 nitrogen and oxygen atoms in total. The molecule has 3 N–H and O–H groups in total. The summed E-state index contributed by atoms with van der Waals surface area (Å²) in [5.74, 6) is 0.568. The van der Waals surface area contributed by atoms with Crippen molar-refractivity contribution in [2.24, 2.45) is 4.99 Å². The molecule has 4 aromatic rings. The molecule has 0 aliphatic heterocycles. The van der Waals surface area contributed by atoms with Crippen LogP contribution in [0, 0.1) is 5.82 Å². The lowest BCUT2D eigenvalue weighted by atomic mass is 10.1. The van der Waals surface area contributed by atoms with Crippen LogP contribution in [-0.4, -0.2) is 40.0 Å². The van der Waals surface area contributed by atoms with Gasteiger partial charge in [0.1, 0.15) is 11.5 Å². The summed E-state index contributed by atoms with van der Waals surface area (Å²) >= 11 is 0. The normalized spacial score (nSPS) is 12.0. The highest BCUT2D eigenvalue weighted by Gasteiger charge is 2.06. The maximum absolute atomic E-state index is 13.3. The van der Waals surface area contributed by atoms with Gasteiger partial charge in [-0.05, 0) is 49.2 Å². The van der Waals surface area contributed by atoms with E-state index in [4.69, 9.17) is 0 Å². The molecule has 7 heteroatoms. The number of H-pyrrole nitrogens is 1. The Hall–Kier alpha value is -3.35. The first-order chi connectivity index (χ1) is 14.2. The molecule has 0 saturated heterocycles. The van der Waals surface area contributed by atoms with Crippen LogP contribution in [0.25, 0.3) is 16.6 Å². The Morgan fingerprint density at radius 2 is 2.14 bits per heavy atom. The van der Waals surface area contributed by atoms with Gasteiger partial charge < -0.3 is 20.0 Å². The number of aliphatic imine (C=N–C) groups is 1. The van der Waals surface area contributed by atoms with Crippen LogP contribution in [0.1, 0.15) is 18.2 Å². The minimum Gasteiger partial charge on any atom is -0.361 e. The van der Waals surface area contributed by atoms with Gasteiger partial charge in [-0.1, -0.05) is 6.07 Å². The monoisotopic (exact) mass is 392 g/mol. The summed E-state index contributed by atoms with van der Waals surface area (Å²) in [6.45, 7) is 4.25. The van der Waals surface area contributed by atoms with E-state index < -0.39 is 0 Å². The molecule has 150 valence electrons. The molecule has 0 amide bonds. The number of fused-ring (bicyclic) bond motifs is 2. The number of pyridine rings is 1. The number of hydrogen-bond acceptors (Lipinski definition) is 2. The molecule has 0 fully saturated rings. The Labute approximate surface area is 168 Å². The summed E-state index contributed by atoms with van der Waals surface area (Å²) < 4.78 is 15.4. The summed E-state index contributed by atoms with van der Waals surface area (Å²) in [4.78, 5) is 12.4. The molecule has 0 spiro atoms. The van der Waals surface area contributed by atoms with Crippen molar-refractivity contribution in [3.8, 4) is 0 Å². The summed E-state index contributed by atoms with van der Waals surface area (Å²) in [7, 11) is 0. The van der Waals surface area contributed by atoms with E-state index in [1.54, 1.807) is 0 Å². The standard InChI is InChI=1S/C22H25FN6/c1-2-24-22(26-11-9-18-15-29-12-4-3-5-21(29)28-18)25-10-8-16-14-27-20-13-17(23)6-7-19(16)20/h3-7,12-15,27H,2,8-11H2,1H3,(H2,24,25,26). The predicted octanol–water partition coefficient (Wildman–Crippen LogP) is 3.30. The van der Waals surface area contributed by atoms with E-state index in [1.165, 1.54) is 12.1 Å². The number of nitrogens with zero attached hydrogens (tertiary/aromatic N) is 3. The molecule has 3 aromatic heterocycles. The van der Waals surface area contributed by atoms with Gasteiger partial charge in [0, 0.05) is 55.5 Å². The van der Waals surface area contributed by atoms with Crippen molar-refractivity contribution in [1.82, 2.24) is 25.0 Å². The zero-order valence-corrected chi connectivity index (χ0v) is 16.5. The lowest BCUT2D eigenvalue weighted by molar-refractivity contribution is 0.629. The average Bonchev–Trinajstić information content (AvgIpc) is 3.31. The number of benzene rings is 1. The van der Waals surface area contributed by atoms with Crippen LogP contribution >= 0.6 is 0 Å². The van der Waals surface area contributed by atoms with Gasteiger partial charge in [-0.2, -0.15) is 0 Å². The van der Waals surface area contributed by atoms with Crippen LogP contribution in [0.15, 0.2) is 60.0 Å². The zero-order chi connectivity index (χ0) is 20.1. The fourth-order valence-electron chi connectivity index (χ4n) is 3.41. The van der Waals surface area contributed by atoms with Gasteiger partial charge in [-0.3, -0.25) is 4.99 Å². The van der Waals surface area contributed by atoms with Gasteiger partial charge in [0.2, 0.25) is 0 Å². The van der Waals surface area contributed by atoms with E-state index in [-0.39, 0.29) is 5.82 Å². The lowest BCUT2D eigenvalue weighted by Crippen LogP contribution is -2.38. The quantitative estimate of drug-likeness (QED) is 0.334. The van der Waals surface area contributed by atoms with Crippen LogP contribution in [0.2, 0.25) is 0 Å². The van der Waals surface area contributed by atoms with Gasteiger partial charge in [-0.15, -0.1) is 0 Å². The number of imidazole rings is 1. The summed E-state index contributed by atoms with van der Waals surface area (Å²) in [6, 6.07) is 10.8. The highest BCUT2D eigenvalue weighted by atomic mass is 19.1. The van der Waals surface area contributed by atoms with Gasteiger partial charge in [0.05, 0.1) is 5.69 Å². The Morgan fingerprint density at radius 1 is 1.21 bits per heavy atom. The highest BCUT2D eigenvalue weighted by Crippen LogP contribution is 2.19. The number of guanidine groups is 1. The summed E-state index contributed by atoms with van der Waals surface area (Å²) in [5, 5.41) is 7.71. The largest absolute Gasteiger partial charge is 0.361 e. The van der Waals surface area contributed by atoms with Gasteiger partial charge in [-0.25, -0.2) is 9.37 Å². The molecular formula is C22H25FN6. The maximum atomic E-state index is 13.3. The van der Waals surface area contributed by atoms with Crippen molar-refractivity contribution in [3.63, 3.8) is 0 Å². The highest BCUT2D eigenvalue weighted by molar-refractivity contribution is 5.83. The number of hydrogen-bond donors (Lipinski definition) is 3. The smallest absolute Gasteiger partial charge is 0.191 e. The van der Waals surface area contributed by atoms with Crippen molar-refractivity contribution >= 4 is 22.5 Å². The molecule has 4 rings (SSSR count). The van der Waals surface area contributed by atoms with Gasteiger partial charge in [0.15, 0.2) is 5.96 Å². The first-order valence-corrected chi connectivity index (χ1v) is 9.93. The average molecular weight is 392 g/mol. The fraction of sp³-hybridized carbons (Fsp3) is 0.273.